The molecule has 2 heterocycles. The van der Waals surface area contributed by atoms with Crippen LogP contribution in [-0.2, 0) is 10.0 Å². The second-order valence-electron chi connectivity index (χ2n) is 6.22. The number of hydrogen-bond donors (Lipinski definition) is 2. The maximum Gasteiger partial charge on any atom is 0.262 e. The van der Waals surface area contributed by atoms with E-state index in [0.29, 0.717) is 18.0 Å². The Bertz CT molecular complexity index is 681. The van der Waals surface area contributed by atoms with Crippen LogP contribution in [0.4, 0.5) is 0 Å². The van der Waals surface area contributed by atoms with Gasteiger partial charge in [-0.1, -0.05) is 0 Å². The molecule has 0 bridgehead atoms. The molecule has 1 aromatic heterocycles. The third kappa shape index (κ3) is 4.90. The zero-order valence-corrected chi connectivity index (χ0v) is 17.1. The van der Waals surface area contributed by atoms with Crippen molar-refractivity contribution in [1.29, 1.82) is 0 Å². The first kappa shape index (κ1) is 21.0. The van der Waals surface area contributed by atoms with Gasteiger partial charge in [0.25, 0.3) is 5.91 Å². The van der Waals surface area contributed by atoms with Crippen LogP contribution >= 0.6 is 35.5 Å². The molecule has 1 aliphatic heterocycles. The van der Waals surface area contributed by atoms with E-state index >= 15 is 0 Å². The van der Waals surface area contributed by atoms with E-state index in [0.717, 1.165) is 37.2 Å². The molecule has 3 rings (SSSR count). The van der Waals surface area contributed by atoms with Crippen LogP contribution < -0.4 is 11.1 Å². The lowest BCUT2D eigenvalue weighted by molar-refractivity contribution is 0.0927. The van der Waals surface area contributed by atoms with Crippen molar-refractivity contribution in [1.82, 2.24) is 9.62 Å². The molecule has 2 aliphatic rings. The molecular weight excluding hydrogens is 402 g/mol. The Morgan fingerprint density at radius 1 is 1.20 bits per heavy atom. The van der Waals surface area contributed by atoms with Gasteiger partial charge >= 0.3 is 0 Å². The number of nitrogens with zero attached hydrogens (tertiary/aromatic N) is 1. The molecule has 142 valence electrons. The summed E-state index contributed by atoms with van der Waals surface area (Å²) < 4.78 is 27.2. The Hall–Kier alpha value is -0.320. The third-order valence-corrected chi connectivity index (χ3v) is 8.46. The highest BCUT2D eigenvalue weighted by molar-refractivity contribution is 7.99. The fourth-order valence-corrected chi connectivity index (χ4v) is 6.99. The summed E-state index contributed by atoms with van der Waals surface area (Å²) in [4.78, 5) is 13.0. The molecule has 0 aromatic carbocycles. The van der Waals surface area contributed by atoms with Gasteiger partial charge in [-0.05, 0) is 37.1 Å². The third-order valence-electron chi connectivity index (χ3n) is 4.53. The minimum Gasteiger partial charge on any atom is -0.349 e. The summed E-state index contributed by atoms with van der Waals surface area (Å²) in [5.74, 6) is 1.32. The summed E-state index contributed by atoms with van der Waals surface area (Å²) in [5, 5.41) is 4.66. The number of nitrogens with one attached hydrogen (secondary N) is 1. The number of hydrogen-bond acceptors (Lipinski definition) is 6. The number of nitrogens with two attached hydrogens (primary N) is 1. The minimum atomic E-state index is -3.59. The van der Waals surface area contributed by atoms with E-state index in [1.165, 1.54) is 15.6 Å². The smallest absolute Gasteiger partial charge is 0.262 e. The quantitative estimate of drug-likeness (QED) is 0.768. The molecule has 1 aromatic rings. The summed E-state index contributed by atoms with van der Waals surface area (Å²) in [5.41, 5.74) is 5.89. The maximum atomic E-state index is 12.8. The molecule has 2 fully saturated rings. The number of carbonyl (C=O) groups excluding carboxylic acids is 1. The van der Waals surface area contributed by atoms with Gasteiger partial charge in [-0.2, -0.15) is 16.1 Å². The first-order valence-corrected chi connectivity index (χ1v) is 11.7. The summed E-state index contributed by atoms with van der Waals surface area (Å²) in [6.45, 7) is 1.01. The maximum absolute atomic E-state index is 12.8. The van der Waals surface area contributed by atoms with Gasteiger partial charge in [0.1, 0.15) is 9.77 Å². The Morgan fingerprint density at radius 2 is 1.84 bits per heavy atom. The molecule has 0 atom stereocenters. The van der Waals surface area contributed by atoms with E-state index in [1.807, 2.05) is 0 Å². The molecule has 0 radical (unpaired) electrons. The standard InChI is InChI=1S/C15H23N3O3S3.ClH/c16-11-1-3-12(4-2-11)17-15(19)14-13(5-8-23-14)24(20,21)18-6-9-22-10-7-18;/h5,8,11-12H,1-4,6-7,9-10,16H2,(H,17,19);1H. The first-order valence-electron chi connectivity index (χ1n) is 8.20. The van der Waals surface area contributed by atoms with Gasteiger partial charge in [0.05, 0.1) is 0 Å². The fraction of sp³-hybridized carbons (Fsp3) is 0.667. The van der Waals surface area contributed by atoms with Crippen LogP contribution in [0.5, 0.6) is 0 Å². The largest absolute Gasteiger partial charge is 0.349 e. The normalized spacial score (nSPS) is 25.2. The van der Waals surface area contributed by atoms with Gasteiger partial charge < -0.3 is 11.1 Å². The molecule has 1 saturated heterocycles. The number of rotatable bonds is 4. The Morgan fingerprint density at radius 3 is 2.48 bits per heavy atom. The minimum absolute atomic E-state index is 0. The van der Waals surface area contributed by atoms with Gasteiger partial charge in [-0.25, -0.2) is 8.42 Å². The molecular formula is C15H24ClN3O3S3. The summed E-state index contributed by atoms with van der Waals surface area (Å²) in [6.07, 6.45) is 3.49. The number of sulfonamides is 1. The highest BCUT2D eigenvalue weighted by Gasteiger charge is 2.32. The first-order chi connectivity index (χ1) is 11.5. The van der Waals surface area contributed by atoms with Crippen molar-refractivity contribution >= 4 is 51.4 Å². The number of thioether (sulfide) groups is 1. The van der Waals surface area contributed by atoms with Crippen LogP contribution in [0.15, 0.2) is 16.3 Å². The Kier molecular flexibility index (Phi) is 7.60. The van der Waals surface area contributed by atoms with Crippen LogP contribution in [0.1, 0.15) is 35.4 Å². The lowest BCUT2D eigenvalue weighted by Gasteiger charge is -2.27. The molecule has 0 spiro atoms. The highest BCUT2D eigenvalue weighted by atomic mass is 35.5. The number of carbonyl (C=O) groups is 1. The van der Waals surface area contributed by atoms with Crippen LogP contribution in [0, 0.1) is 0 Å². The van der Waals surface area contributed by atoms with E-state index < -0.39 is 10.0 Å². The molecule has 1 amide bonds. The van der Waals surface area contributed by atoms with Crippen molar-refractivity contribution in [2.45, 2.75) is 42.7 Å². The lowest BCUT2D eigenvalue weighted by atomic mass is 9.92. The topological polar surface area (TPSA) is 92.5 Å². The molecule has 10 heteroatoms. The Balaban J connectivity index is 0.00000225. The van der Waals surface area contributed by atoms with Crippen molar-refractivity contribution in [3.05, 3.63) is 16.3 Å². The lowest BCUT2D eigenvalue weighted by Crippen LogP contribution is -2.41. The van der Waals surface area contributed by atoms with Crippen molar-refractivity contribution in [2.24, 2.45) is 5.73 Å². The van der Waals surface area contributed by atoms with E-state index in [1.54, 1.807) is 23.2 Å². The van der Waals surface area contributed by atoms with E-state index in [4.69, 9.17) is 5.73 Å². The summed E-state index contributed by atoms with van der Waals surface area (Å²) in [6, 6.07) is 1.85. The predicted molar refractivity (Wildman–Crippen MR) is 105 cm³/mol. The van der Waals surface area contributed by atoms with E-state index in [-0.39, 0.29) is 35.3 Å². The van der Waals surface area contributed by atoms with E-state index in [9.17, 15) is 13.2 Å². The monoisotopic (exact) mass is 425 g/mol. The van der Waals surface area contributed by atoms with Crippen molar-refractivity contribution in [3.8, 4) is 0 Å². The van der Waals surface area contributed by atoms with E-state index in [2.05, 4.69) is 5.32 Å². The average molecular weight is 426 g/mol. The zero-order valence-electron chi connectivity index (χ0n) is 13.8. The number of halogens is 1. The molecule has 6 nitrogen and oxygen atoms in total. The molecule has 1 aliphatic carbocycles. The van der Waals surface area contributed by atoms with Crippen molar-refractivity contribution < 1.29 is 13.2 Å². The van der Waals surface area contributed by atoms with Crippen LogP contribution in [0.25, 0.3) is 0 Å². The fourth-order valence-electron chi connectivity index (χ4n) is 3.11. The molecule has 3 N–H and O–H groups in total. The van der Waals surface area contributed by atoms with Gasteiger partial charge in [-0.3, -0.25) is 4.79 Å². The molecule has 1 saturated carbocycles. The van der Waals surface area contributed by atoms with Gasteiger partial charge in [0, 0.05) is 36.7 Å². The van der Waals surface area contributed by atoms with Gasteiger partial charge in [0.2, 0.25) is 10.0 Å². The second kappa shape index (κ2) is 9.05. The van der Waals surface area contributed by atoms with Gasteiger partial charge in [0.15, 0.2) is 0 Å². The van der Waals surface area contributed by atoms with Crippen LogP contribution in [-0.4, -0.2) is 55.3 Å². The molecule has 25 heavy (non-hydrogen) atoms. The number of amides is 1. The zero-order chi connectivity index (χ0) is 17.2. The number of thiophene rings is 1. The summed E-state index contributed by atoms with van der Waals surface area (Å²) >= 11 is 2.94. The summed E-state index contributed by atoms with van der Waals surface area (Å²) in [7, 11) is -3.59. The predicted octanol–water partition coefficient (Wildman–Crippen LogP) is 1.91. The SMILES string of the molecule is Cl.NC1CCC(NC(=O)c2sccc2S(=O)(=O)N2CCSCC2)CC1. The molecule has 0 unspecified atom stereocenters. The highest BCUT2D eigenvalue weighted by Crippen LogP contribution is 2.27. The van der Waals surface area contributed by atoms with Crippen LogP contribution in [0.3, 0.4) is 0 Å². The average Bonchev–Trinajstić information content (AvgIpc) is 3.08. The van der Waals surface area contributed by atoms with Crippen molar-refractivity contribution in [3.63, 3.8) is 0 Å². The van der Waals surface area contributed by atoms with Crippen LogP contribution in [0.2, 0.25) is 0 Å². The van der Waals surface area contributed by atoms with Crippen molar-refractivity contribution in [2.75, 3.05) is 24.6 Å². The second-order valence-corrected chi connectivity index (χ2v) is 10.3. The Labute approximate surface area is 163 Å². The van der Waals surface area contributed by atoms with Gasteiger partial charge in [-0.15, -0.1) is 23.7 Å².